The minimum atomic E-state index is -0.365. The molecule has 1 amide bonds. The highest BCUT2D eigenvalue weighted by atomic mass is 79.9. The molecule has 0 saturated heterocycles. The van der Waals surface area contributed by atoms with Gasteiger partial charge in [0.2, 0.25) is 0 Å². The summed E-state index contributed by atoms with van der Waals surface area (Å²) in [6.07, 6.45) is 2.80. The molecule has 7 heteroatoms. The number of ether oxygens (including phenoxy) is 2. The summed E-state index contributed by atoms with van der Waals surface area (Å²) in [6, 6.07) is 3.90. The van der Waals surface area contributed by atoms with Gasteiger partial charge in [0.15, 0.2) is 6.61 Å². The highest BCUT2D eigenvalue weighted by Gasteiger charge is 2.29. The van der Waals surface area contributed by atoms with Gasteiger partial charge < -0.3 is 14.8 Å². The fraction of sp³-hybridized carbons (Fsp3) is 0.455. The van der Waals surface area contributed by atoms with Crippen LogP contribution < -0.4 is 10.1 Å². The molecule has 1 heterocycles. The van der Waals surface area contributed by atoms with Crippen LogP contribution in [0.3, 0.4) is 0 Å². The van der Waals surface area contributed by atoms with E-state index in [0.717, 1.165) is 40.4 Å². The van der Waals surface area contributed by atoms with E-state index in [4.69, 9.17) is 9.47 Å². The molecule has 29 heavy (non-hydrogen) atoms. The lowest BCUT2D eigenvalue weighted by Crippen LogP contribution is -2.22. The Kier molecular flexibility index (Phi) is 7.01. The highest BCUT2D eigenvalue weighted by molar-refractivity contribution is 9.10. The van der Waals surface area contributed by atoms with Gasteiger partial charge in [-0.3, -0.25) is 4.79 Å². The topological polar surface area (TPSA) is 64.6 Å². The lowest BCUT2D eigenvalue weighted by Gasteiger charge is -2.18. The van der Waals surface area contributed by atoms with E-state index in [-0.39, 0.29) is 18.5 Å². The second-order valence-electron chi connectivity index (χ2n) is 7.48. The van der Waals surface area contributed by atoms with Crippen LogP contribution in [0.2, 0.25) is 0 Å². The van der Waals surface area contributed by atoms with Crippen LogP contribution in [0.15, 0.2) is 16.6 Å². The molecule has 0 spiro atoms. The fourth-order valence-corrected chi connectivity index (χ4v) is 5.79. The second-order valence-corrected chi connectivity index (χ2v) is 9.50. The summed E-state index contributed by atoms with van der Waals surface area (Å²) in [5.41, 5.74) is 3.46. The van der Waals surface area contributed by atoms with Crippen molar-refractivity contribution in [3.05, 3.63) is 43.7 Å². The molecule has 1 atom stereocenters. The third-order valence-electron chi connectivity index (χ3n) is 5.02. The number of aryl methyl sites for hydroxylation is 2. The molecule has 1 aliphatic rings. The number of amides is 1. The molecule has 156 valence electrons. The van der Waals surface area contributed by atoms with E-state index < -0.39 is 0 Å². The van der Waals surface area contributed by atoms with Crippen molar-refractivity contribution in [2.75, 3.05) is 18.5 Å². The Balaban J connectivity index is 1.77. The molecule has 0 unspecified atom stereocenters. The van der Waals surface area contributed by atoms with Gasteiger partial charge in [-0.1, -0.05) is 22.9 Å². The zero-order valence-corrected chi connectivity index (χ0v) is 19.6. The van der Waals surface area contributed by atoms with E-state index >= 15 is 0 Å². The number of esters is 1. The van der Waals surface area contributed by atoms with Gasteiger partial charge in [-0.15, -0.1) is 11.3 Å². The molecular weight excluding hydrogens is 454 g/mol. The van der Waals surface area contributed by atoms with Crippen molar-refractivity contribution in [3.63, 3.8) is 0 Å². The summed E-state index contributed by atoms with van der Waals surface area (Å²) in [6.45, 7) is 8.06. The number of fused-ring (bicyclic) bond motifs is 1. The number of halogens is 1. The predicted octanol–water partition coefficient (Wildman–Crippen LogP) is 5.45. The maximum Gasteiger partial charge on any atom is 0.341 e. The average Bonchev–Trinajstić information content (AvgIpc) is 2.97. The van der Waals surface area contributed by atoms with Gasteiger partial charge >= 0.3 is 5.97 Å². The molecule has 1 aromatic heterocycles. The summed E-state index contributed by atoms with van der Waals surface area (Å²) in [5.74, 6) is 0.624. The quantitative estimate of drug-likeness (QED) is 0.559. The Labute approximate surface area is 183 Å². The maximum atomic E-state index is 12.6. The standard InChI is InChI=1S/C22H26BrNO4S/c1-5-27-22(26)19-16-7-6-12(2)8-17(16)29-21(19)24-18(25)11-28-20-13(3)9-15(23)10-14(20)4/h9-10,12H,5-8,11H2,1-4H3,(H,24,25)/t12-/m1/s1. The van der Waals surface area contributed by atoms with E-state index in [1.54, 1.807) is 6.92 Å². The van der Waals surface area contributed by atoms with Crippen molar-refractivity contribution in [2.45, 2.75) is 47.0 Å². The Morgan fingerprint density at radius 2 is 1.97 bits per heavy atom. The van der Waals surface area contributed by atoms with Crippen LogP contribution in [0.25, 0.3) is 0 Å². The van der Waals surface area contributed by atoms with Crippen LogP contribution in [0.4, 0.5) is 5.00 Å². The number of nitrogens with one attached hydrogen (secondary N) is 1. The normalized spacial score (nSPS) is 15.6. The number of thiophene rings is 1. The monoisotopic (exact) mass is 479 g/mol. The first-order valence-electron chi connectivity index (χ1n) is 9.81. The molecule has 1 aliphatic carbocycles. The molecule has 0 radical (unpaired) electrons. The van der Waals surface area contributed by atoms with Crippen LogP contribution >= 0.6 is 27.3 Å². The molecule has 2 aromatic rings. The minimum Gasteiger partial charge on any atom is -0.483 e. The van der Waals surface area contributed by atoms with E-state index in [9.17, 15) is 9.59 Å². The van der Waals surface area contributed by atoms with E-state index in [0.29, 0.717) is 28.8 Å². The number of hydrogen-bond acceptors (Lipinski definition) is 5. The third-order valence-corrected chi connectivity index (χ3v) is 6.64. The van der Waals surface area contributed by atoms with Crippen molar-refractivity contribution in [1.29, 1.82) is 0 Å². The number of carbonyl (C=O) groups excluding carboxylic acids is 2. The SMILES string of the molecule is CCOC(=O)c1c(NC(=O)COc2c(C)cc(Br)cc2C)sc2c1CC[C@@H](C)C2. The molecular formula is C22H26BrNO4S. The van der Waals surface area contributed by atoms with Crippen molar-refractivity contribution in [1.82, 2.24) is 0 Å². The number of hydrogen-bond donors (Lipinski definition) is 1. The van der Waals surface area contributed by atoms with Crippen molar-refractivity contribution < 1.29 is 19.1 Å². The van der Waals surface area contributed by atoms with E-state index in [1.807, 2.05) is 26.0 Å². The van der Waals surface area contributed by atoms with Crippen LogP contribution in [0.1, 0.15) is 52.2 Å². The molecule has 1 aromatic carbocycles. The smallest absolute Gasteiger partial charge is 0.341 e. The van der Waals surface area contributed by atoms with Crippen LogP contribution in [-0.4, -0.2) is 25.1 Å². The summed E-state index contributed by atoms with van der Waals surface area (Å²) >= 11 is 4.94. The Bertz CT molecular complexity index is 914. The van der Waals surface area contributed by atoms with E-state index in [1.165, 1.54) is 16.2 Å². The second kappa shape index (κ2) is 9.30. The first-order chi connectivity index (χ1) is 13.8. The number of rotatable bonds is 6. The Morgan fingerprint density at radius 3 is 2.62 bits per heavy atom. The summed E-state index contributed by atoms with van der Waals surface area (Å²) in [4.78, 5) is 26.3. The van der Waals surface area contributed by atoms with Gasteiger partial charge in [-0.25, -0.2) is 4.79 Å². The molecule has 0 bridgehead atoms. The minimum absolute atomic E-state index is 0.120. The molecule has 0 fully saturated rings. The van der Waals surface area contributed by atoms with Gasteiger partial charge in [0.25, 0.3) is 5.91 Å². The van der Waals surface area contributed by atoms with E-state index in [2.05, 4.69) is 28.2 Å². The van der Waals surface area contributed by atoms with Crippen LogP contribution in [0, 0.1) is 19.8 Å². The maximum absolute atomic E-state index is 12.6. The summed E-state index contributed by atoms with van der Waals surface area (Å²) in [7, 11) is 0. The van der Waals surface area contributed by atoms with Gasteiger partial charge in [0, 0.05) is 9.35 Å². The molecule has 0 saturated carbocycles. The first-order valence-corrected chi connectivity index (χ1v) is 11.4. The van der Waals surface area contributed by atoms with Crippen LogP contribution in [-0.2, 0) is 22.4 Å². The number of benzene rings is 1. The lowest BCUT2D eigenvalue weighted by atomic mass is 9.88. The first kappa shape index (κ1) is 21.8. The van der Waals surface area contributed by atoms with Gasteiger partial charge in [0.1, 0.15) is 10.8 Å². The average molecular weight is 480 g/mol. The number of anilines is 1. The lowest BCUT2D eigenvalue weighted by molar-refractivity contribution is -0.118. The molecule has 1 N–H and O–H groups in total. The van der Waals surface area contributed by atoms with Crippen molar-refractivity contribution in [3.8, 4) is 5.75 Å². The Morgan fingerprint density at radius 1 is 1.28 bits per heavy atom. The molecule has 5 nitrogen and oxygen atoms in total. The molecule has 3 rings (SSSR count). The van der Waals surface area contributed by atoms with Crippen molar-refractivity contribution >= 4 is 44.1 Å². The zero-order valence-electron chi connectivity index (χ0n) is 17.2. The van der Waals surface area contributed by atoms with Gasteiger partial charge in [-0.2, -0.15) is 0 Å². The van der Waals surface area contributed by atoms with Gasteiger partial charge in [-0.05, 0) is 74.8 Å². The largest absolute Gasteiger partial charge is 0.483 e. The predicted molar refractivity (Wildman–Crippen MR) is 119 cm³/mol. The fourth-order valence-electron chi connectivity index (χ4n) is 3.68. The molecule has 0 aliphatic heterocycles. The highest BCUT2D eigenvalue weighted by Crippen LogP contribution is 2.40. The number of carbonyl (C=O) groups is 2. The summed E-state index contributed by atoms with van der Waals surface area (Å²) < 4.78 is 12.0. The third kappa shape index (κ3) is 5.01. The Hall–Kier alpha value is -1.86. The summed E-state index contributed by atoms with van der Waals surface area (Å²) in [5, 5.41) is 3.46. The van der Waals surface area contributed by atoms with Crippen molar-refractivity contribution in [2.24, 2.45) is 5.92 Å². The van der Waals surface area contributed by atoms with Crippen LogP contribution in [0.5, 0.6) is 5.75 Å². The zero-order chi connectivity index (χ0) is 21.1. The van der Waals surface area contributed by atoms with Gasteiger partial charge in [0.05, 0.1) is 12.2 Å².